The molecule has 1 unspecified atom stereocenters. The number of anilines is 1. The Hall–Kier alpha value is -1.70. The molecule has 1 amide bonds. The molecule has 0 radical (unpaired) electrons. The number of piperidine rings is 3. The molecule has 3 fully saturated rings. The number of halogens is 1. The molecular formula is C18H22BrN3O3. The predicted octanol–water partition coefficient (Wildman–Crippen LogP) is -1.11. The van der Waals surface area contributed by atoms with Gasteiger partial charge in [-0.1, -0.05) is 35.5 Å². The van der Waals surface area contributed by atoms with E-state index >= 15 is 0 Å². The summed E-state index contributed by atoms with van der Waals surface area (Å²) in [5.74, 6) is 0.804. The average Bonchev–Trinajstić information content (AvgIpc) is 3.04. The second-order valence-corrected chi connectivity index (χ2v) is 7.03. The molecule has 0 saturated carbocycles. The van der Waals surface area contributed by atoms with Crippen molar-refractivity contribution in [1.82, 2.24) is 5.16 Å². The number of rotatable bonds is 4. The lowest BCUT2D eigenvalue weighted by Crippen LogP contribution is -3.00. The van der Waals surface area contributed by atoms with Crippen molar-refractivity contribution >= 4 is 11.7 Å². The molecule has 0 spiro atoms. The lowest BCUT2D eigenvalue weighted by atomic mass is 9.83. The van der Waals surface area contributed by atoms with Crippen molar-refractivity contribution in [3.63, 3.8) is 0 Å². The molecule has 1 atom stereocenters. The van der Waals surface area contributed by atoms with Crippen molar-refractivity contribution in [1.29, 1.82) is 0 Å². The molecule has 2 bridgehead atoms. The summed E-state index contributed by atoms with van der Waals surface area (Å²) >= 11 is 0. The Bertz CT molecular complexity index is 726. The predicted molar refractivity (Wildman–Crippen MR) is 89.0 cm³/mol. The molecule has 3 saturated heterocycles. The summed E-state index contributed by atoms with van der Waals surface area (Å²) in [5.41, 5.74) is 1.73. The topological polar surface area (TPSA) is 75.4 Å². The van der Waals surface area contributed by atoms with Crippen LogP contribution in [0.5, 0.6) is 0 Å². The summed E-state index contributed by atoms with van der Waals surface area (Å²) in [7, 11) is 0. The number of benzene rings is 1. The Kier molecular flexibility index (Phi) is 5.27. The second-order valence-electron chi connectivity index (χ2n) is 7.03. The van der Waals surface area contributed by atoms with Gasteiger partial charge in [0.2, 0.25) is 0 Å². The van der Waals surface area contributed by atoms with Crippen LogP contribution in [0.1, 0.15) is 12.8 Å². The Labute approximate surface area is 157 Å². The monoisotopic (exact) mass is 407 g/mol. The Morgan fingerprint density at radius 1 is 1.28 bits per heavy atom. The Balaban J connectivity index is 0.00000182. The lowest BCUT2D eigenvalue weighted by Gasteiger charge is -2.50. The maximum atomic E-state index is 12.6. The molecule has 134 valence electrons. The van der Waals surface area contributed by atoms with E-state index < -0.39 is 0 Å². The van der Waals surface area contributed by atoms with Gasteiger partial charge in [-0.3, -0.25) is 4.79 Å². The van der Waals surface area contributed by atoms with E-state index in [9.17, 15) is 9.90 Å². The molecule has 7 heteroatoms. The minimum absolute atomic E-state index is 0. The van der Waals surface area contributed by atoms with Gasteiger partial charge < -0.3 is 36.4 Å². The van der Waals surface area contributed by atoms with E-state index in [1.165, 1.54) is 0 Å². The van der Waals surface area contributed by atoms with Gasteiger partial charge >= 0.3 is 0 Å². The van der Waals surface area contributed by atoms with Crippen LogP contribution in [-0.2, 0) is 4.79 Å². The maximum Gasteiger partial charge on any atom is 0.280 e. The maximum absolute atomic E-state index is 12.6. The number of carbonyl (C=O) groups excluding carboxylic acids is 1. The van der Waals surface area contributed by atoms with Gasteiger partial charge in [0.05, 0.1) is 18.7 Å². The lowest BCUT2D eigenvalue weighted by molar-refractivity contribution is -0.939. The van der Waals surface area contributed by atoms with Gasteiger partial charge in [0.15, 0.2) is 12.4 Å². The summed E-state index contributed by atoms with van der Waals surface area (Å²) in [6, 6.07) is 9.72. The molecule has 3 aliphatic heterocycles. The van der Waals surface area contributed by atoms with Gasteiger partial charge in [-0.15, -0.1) is 0 Å². The molecule has 0 aliphatic carbocycles. The number of hydrogen-bond donors (Lipinski definition) is 2. The number of amides is 1. The first-order chi connectivity index (χ1) is 11.7. The first-order valence-corrected chi connectivity index (χ1v) is 8.48. The van der Waals surface area contributed by atoms with Gasteiger partial charge in [0, 0.05) is 18.8 Å². The number of carbonyl (C=O) groups is 1. The van der Waals surface area contributed by atoms with Crippen molar-refractivity contribution in [2.75, 3.05) is 31.5 Å². The highest BCUT2D eigenvalue weighted by atomic mass is 79.9. The fraction of sp³-hybridized carbons (Fsp3) is 0.444. The third kappa shape index (κ3) is 3.63. The van der Waals surface area contributed by atoms with Gasteiger partial charge in [0.1, 0.15) is 18.9 Å². The fourth-order valence-corrected chi connectivity index (χ4v) is 4.10. The molecule has 4 heterocycles. The van der Waals surface area contributed by atoms with Gasteiger partial charge in [-0.05, 0) is 5.56 Å². The number of aromatic nitrogens is 1. The first-order valence-electron chi connectivity index (χ1n) is 8.48. The highest BCUT2D eigenvalue weighted by molar-refractivity contribution is 5.94. The molecule has 1 aromatic heterocycles. The van der Waals surface area contributed by atoms with E-state index in [2.05, 4.69) is 10.5 Å². The Morgan fingerprint density at radius 2 is 2.00 bits per heavy atom. The zero-order chi connectivity index (χ0) is 16.6. The largest absolute Gasteiger partial charge is 1.00 e. The highest BCUT2D eigenvalue weighted by Crippen LogP contribution is 2.34. The van der Waals surface area contributed by atoms with Crippen LogP contribution < -0.4 is 22.3 Å². The van der Waals surface area contributed by atoms with Crippen LogP contribution in [-0.4, -0.2) is 52.9 Å². The number of hydrogen-bond acceptors (Lipinski definition) is 4. The van der Waals surface area contributed by atoms with Crippen molar-refractivity contribution in [2.45, 2.75) is 18.9 Å². The summed E-state index contributed by atoms with van der Waals surface area (Å²) in [6.45, 7) is 3.01. The van der Waals surface area contributed by atoms with Gasteiger partial charge in [-0.2, -0.15) is 0 Å². The minimum Gasteiger partial charge on any atom is -1.00 e. The SMILES string of the molecule is O=C(C[N+]12CCC(CC1)C(O)C2)Nc1nocc1-c1ccccc1.[Br-]. The number of aliphatic hydroxyl groups is 1. The standard InChI is InChI=1S/C18H21N3O3.BrH/c22-16-10-21(8-6-14(16)7-9-21)11-17(23)19-18-15(12-24-20-18)13-4-2-1-3-5-13;/h1-5,12,14,16,22H,6-11H2;1H. The van der Waals surface area contributed by atoms with Crippen LogP contribution in [0.3, 0.4) is 0 Å². The molecule has 3 aliphatic rings. The van der Waals surface area contributed by atoms with Crippen LogP contribution in [0.4, 0.5) is 5.82 Å². The average molecular weight is 408 g/mol. The smallest absolute Gasteiger partial charge is 0.280 e. The van der Waals surface area contributed by atoms with Gasteiger partial charge in [-0.25, -0.2) is 0 Å². The van der Waals surface area contributed by atoms with Gasteiger partial charge in [0.25, 0.3) is 5.91 Å². The minimum atomic E-state index is -0.271. The van der Waals surface area contributed by atoms with Crippen LogP contribution in [0, 0.1) is 5.92 Å². The normalized spacial score (nSPS) is 27.6. The van der Waals surface area contributed by atoms with Crippen LogP contribution in [0.15, 0.2) is 41.1 Å². The van der Waals surface area contributed by atoms with E-state index in [1.54, 1.807) is 6.26 Å². The molecule has 2 N–H and O–H groups in total. The quantitative estimate of drug-likeness (QED) is 0.629. The zero-order valence-corrected chi connectivity index (χ0v) is 15.5. The first kappa shape index (κ1) is 18.1. The second kappa shape index (κ2) is 7.27. The van der Waals surface area contributed by atoms with Crippen molar-refractivity contribution in [3.05, 3.63) is 36.6 Å². The summed E-state index contributed by atoms with van der Waals surface area (Å²) in [6.07, 6.45) is 3.29. The van der Waals surface area contributed by atoms with Crippen LogP contribution in [0.2, 0.25) is 0 Å². The zero-order valence-electron chi connectivity index (χ0n) is 13.9. The van der Waals surface area contributed by atoms with Crippen molar-refractivity contribution < 1.29 is 35.9 Å². The third-order valence-corrected chi connectivity index (χ3v) is 5.46. The molecule has 25 heavy (non-hydrogen) atoms. The number of fused-ring (bicyclic) bond motifs is 3. The number of aliphatic hydroxyl groups excluding tert-OH is 1. The summed E-state index contributed by atoms with van der Waals surface area (Å²) in [4.78, 5) is 12.6. The van der Waals surface area contributed by atoms with Crippen molar-refractivity contribution in [3.8, 4) is 11.1 Å². The highest BCUT2D eigenvalue weighted by Gasteiger charge is 2.46. The number of nitrogens with one attached hydrogen (secondary N) is 1. The molecule has 2 aromatic rings. The summed E-state index contributed by atoms with van der Waals surface area (Å²) in [5, 5.41) is 17.0. The fourth-order valence-electron chi connectivity index (χ4n) is 4.10. The molecule has 5 rings (SSSR count). The van der Waals surface area contributed by atoms with E-state index in [0.29, 0.717) is 29.3 Å². The summed E-state index contributed by atoms with van der Waals surface area (Å²) < 4.78 is 5.74. The third-order valence-electron chi connectivity index (χ3n) is 5.46. The molecule has 6 nitrogen and oxygen atoms in total. The van der Waals surface area contributed by atoms with E-state index in [1.807, 2.05) is 30.3 Å². The number of nitrogens with zero attached hydrogens (tertiary/aromatic N) is 2. The van der Waals surface area contributed by atoms with Crippen LogP contribution in [0.25, 0.3) is 11.1 Å². The number of quaternary nitrogens is 1. The van der Waals surface area contributed by atoms with E-state index in [-0.39, 0.29) is 29.0 Å². The van der Waals surface area contributed by atoms with E-state index in [0.717, 1.165) is 37.1 Å². The Morgan fingerprint density at radius 3 is 2.68 bits per heavy atom. The van der Waals surface area contributed by atoms with Crippen LogP contribution >= 0.6 is 0 Å². The van der Waals surface area contributed by atoms with E-state index in [4.69, 9.17) is 4.52 Å². The van der Waals surface area contributed by atoms with Crippen molar-refractivity contribution in [2.24, 2.45) is 5.92 Å². The molecular weight excluding hydrogens is 386 g/mol. The molecule has 1 aromatic carbocycles.